The third-order valence-corrected chi connectivity index (χ3v) is 5.15. The maximum atomic E-state index is 12.7. The summed E-state index contributed by atoms with van der Waals surface area (Å²) in [5, 5.41) is 12.3. The minimum absolute atomic E-state index is 0.0447. The van der Waals surface area contributed by atoms with Crippen molar-refractivity contribution in [1.82, 2.24) is 0 Å². The maximum absolute atomic E-state index is 12.7. The van der Waals surface area contributed by atoms with Gasteiger partial charge in [0, 0.05) is 21.8 Å². The number of rotatable bonds is 9. The standard InChI is InChI=1S/C26H23BrN2O4/c1-3-32-25-15-24(31-2)11-6-19(25)14-20(16-28)26(30)29-22-9-12-23(13-10-22)33-17-18-4-7-21(27)8-5-18/h4-15H,3,17H2,1-2H3,(H,29,30)/b20-14+. The van der Waals surface area contributed by atoms with Crippen LogP contribution in [0, 0.1) is 11.3 Å². The number of ether oxygens (including phenoxy) is 3. The van der Waals surface area contributed by atoms with E-state index in [0.717, 1.165) is 10.0 Å². The monoisotopic (exact) mass is 506 g/mol. The van der Waals surface area contributed by atoms with E-state index in [1.54, 1.807) is 49.6 Å². The second-order valence-corrected chi connectivity index (χ2v) is 7.82. The lowest BCUT2D eigenvalue weighted by molar-refractivity contribution is -0.112. The highest BCUT2D eigenvalue weighted by Crippen LogP contribution is 2.27. The number of hydrogen-bond donors (Lipinski definition) is 1. The number of nitrogens with zero attached hydrogens (tertiary/aromatic N) is 1. The molecule has 0 aliphatic rings. The minimum Gasteiger partial charge on any atom is -0.497 e. The average molecular weight is 507 g/mol. The molecular weight excluding hydrogens is 484 g/mol. The zero-order chi connectivity index (χ0) is 23.6. The number of carbonyl (C=O) groups is 1. The van der Waals surface area contributed by atoms with Gasteiger partial charge in [0.2, 0.25) is 0 Å². The van der Waals surface area contributed by atoms with Crippen molar-refractivity contribution in [1.29, 1.82) is 5.26 Å². The molecule has 7 heteroatoms. The highest BCUT2D eigenvalue weighted by atomic mass is 79.9. The molecule has 3 aromatic rings. The van der Waals surface area contributed by atoms with Crippen LogP contribution in [0.1, 0.15) is 18.1 Å². The van der Waals surface area contributed by atoms with Crippen LogP contribution in [0.25, 0.3) is 6.08 Å². The number of methoxy groups -OCH3 is 1. The number of halogens is 1. The van der Waals surface area contributed by atoms with Crippen LogP contribution in [0.5, 0.6) is 17.2 Å². The third kappa shape index (κ3) is 6.86. The van der Waals surface area contributed by atoms with Crippen LogP contribution < -0.4 is 19.5 Å². The Balaban J connectivity index is 1.67. The van der Waals surface area contributed by atoms with E-state index in [0.29, 0.717) is 41.7 Å². The van der Waals surface area contributed by atoms with E-state index in [-0.39, 0.29) is 5.57 Å². The van der Waals surface area contributed by atoms with Crippen molar-refractivity contribution in [2.75, 3.05) is 19.0 Å². The van der Waals surface area contributed by atoms with E-state index in [2.05, 4.69) is 21.2 Å². The Bertz CT molecular complexity index is 1170. The van der Waals surface area contributed by atoms with Crippen LogP contribution in [0.4, 0.5) is 5.69 Å². The van der Waals surface area contributed by atoms with E-state index in [9.17, 15) is 10.1 Å². The molecule has 0 saturated heterocycles. The molecule has 1 amide bonds. The molecular formula is C26H23BrN2O4. The Kier molecular flexibility index (Phi) is 8.50. The first-order valence-electron chi connectivity index (χ1n) is 10.2. The first-order valence-corrected chi connectivity index (χ1v) is 11.0. The van der Waals surface area contributed by atoms with Gasteiger partial charge in [0.25, 0.3) is 5.91 Å². The summed E-state index contributed by atoms with van der Waals surface area (Å²) >= 11 is 3.41. The molecule has 0 aliphatic carbocycles. The minimum atomic E-state index is -0.515. The number of nitrogens with one attached hydrogen (secondary N) is 1. The van der Waals surface area contributed by atoms with Crippen molar-refractivity contribution in [3.8, 4) is 23.3 Å². The Morgan fingerprint density at radius 1 is 1.03 bits per heavy atom. The van der Waals surface area contributed by atoms with Crippen molar-refractivity contribution in [3.05, 3.63) is 87.9 Å². The van der Waals surface area contributed by atoms with Crippen molar-refractivity contribution in [2.24, 2.45) is 0 Å². The van der Waals surface area contributed by atoms with Gasteiger partial charge in [-0.3, -0.25) is 4.79 Å². The highest BCUT2D eigenvalue weighted by Gasteiger charge is 2.12. The van der Waals surface area contributed by atoms with Crippen molar-refractivity contribution in [3.63, 3.8) is 0 Å². The lowest BCUT2D eigenvalue weighted by atomic mass is 10.1. The molecule has 3 aromatic carbocycles. The van der Waals surface area contributed by atoms with Gasteiger partial charge in [-0.15, -0.1) is 0 Å². The molecule has 0 aromatic heterocycles. The SMILES string of the molecule is CCOc1cc(OC)ccc1/C=C(\C#N)C(=O)Nc1ccc(OCc2ccc(Br)cc2)cc1. The van der Waals surface area contributed by atoms with E-state index >= 15 is 0 Å². The van der Waals surface area contributed by atoms with Gasteiger partial charge in [-0.05, 0) is 67.1 Å². The summed E-state index contributed by atoms with van der Waals surface area (Å²) in [5.41, 5.74) is 2.17. The smallest absolute Gasteiger partial charge is 0.266 e. The van der Waals surface area contributed by atoms with E-state index < -0.39 is 5.91 Å². The number of benzene rings is 3. The summed E-state index contributed by atoms with van der Waals surface area (Å²) in [7, 11) is 1.56. The summed E-state index contributed by atoms with van der Waals surface area (Å²) < 4.78 is 17.6. The molecule has 6 nitrogen and oxygen atoms in total. The molecule has 0 atom stereocenters. The topological polar surface area (TPSA) is 80.6 Å². The summed E-state index contributed by atoms with van der Waals surface area (Å²) in [5.74, 6) is 1.32. The number of hydrogen-bond acceptors (Lipinski definition) is 5. The molecule has 33 heavy (non-hydrogen) atoms. The Labute approximate surface area is 201 Å². The number of amides is 1. The van der Waals surface area contributed by atoms with Crippen LogP contribution in [0.3, 0.4) is 0 Å². The van der Waals surface area contributed by atoms with Gasteiger partial charge in [0.05, 0.1) is 13.7 Å². The molecule has 0 spiro atoms. The van der Waals surface area contributed by atoms with Gasteiger partial charge in [-0.2, -0.15) is 5.26 Å². The third-order valence-electron chi connectivity index (χ3n) is 4.62. The lowest BCUT2D eigenvalue weighted by Gasteiger charge is -2.10. The van der Waals surface area contributed by atoms with Gasteiger partial charge < -0.3 is 19.5 Å². The van der Waals surface area contributed by atoms with Crippen LogP contribution in [-0.4, -0.2) is 19.6 Å². The molecule has 3 rings (SSSR count). The van der Waals surface area contributed by atoms with E-state index in [1.165, 1.54) is 6.08 Å². The average Bonchev–Trinajstić information content (AvgIpc) is 2.83. The second kappa shape index (κ2) is 11.7. The molecule has 0 saturated carbocycles. The highest BCUT2D eigenvalue weighted by molar-refractivity contribution is 9.10. The molecule has 0 bridgehead atoms. The number of carbonyl (C=O) groups excluding carboxylic acids is 1. The molecule has 168 valence electrons. The number of nitriles is 1. The normalized spacial score (nSPS) is 10.8. The van der Waals surface area contributed by atoms with Crippen LogP contribution in [-0.2, 0) is 11.4 Å². The summed E-state index contributed by atoms with van der Waals surface area (Å²) in [6, 6.07) is 22.0. The maximum Gasteiger partial charge on any atom is 0.266 e. The molecule has 0 fully saturated rings. The van der Waals surface area contributed by atoms with Crippen LogP contribution in [0.2, 0.25) is 0 Å². The van der Waals surface area contributed by atoms with E-state index in [1.807, 2.05) is 37.3 Å². The van der Waals surface area contributed by atoms with Gasteiger partial charge in [-0.1, -0.05) is 28.1 Å². The zero-order valence-electron chi connectivity index (χ0n) is 18.3. The van der Waals surface area contributed by atoms with Crippen LogP contribution >= 0.6 is 15.9 Å². The largest absolute Gasteiger partial charge is 0.497 e. The molecule has 0 radical (unpaired) electrons. The fraction of sp³-hybridized carbons (Fsp3) is 0.154. The van der Waals surface area contributed by atoms with Gasteiger partial charge in [0.1, 0.15) is 35.5 Å². The molecule has 0 unspecified atom stereocenters. The van der Waals surface area contributed by atoms with Crippen molar-refractivity contribution in [2.45, 2.75) is 13.5 Å². The Morgan fingerprint density at radius 2 is 1.73 bits per heavy atom. The summed E-state index contributed by atoms with van der Waals surface area (Å²) in [4.78, 5) is 12.7. The summed E-state index contributed by atoms with van der Waals surface area (Å²) in [6.07, 6.45) is 1.50. The fourth-order valence-electron chi connectivity index (χ4n) is 2.93. The van der Waals surface area contributed by atoms with Gasteiger partial charge in [0.15, 0.2) is 0 Å². The predicted octanol–water partition coefficient (Wildman–Crippen LogP) is 5.98. The Hall–Kier alpha value is -3.76. The van der Waals surface area contributed by atoms with Gasteiger partial charge in [-0.25, -0.2) is 0 Å². The first kappa shape index (κ1) is 23.9. The van der Waals surface area contributed by atoms with Gasteiger partial charge >= 0.3 is 0 Å². The zero-order valence-corrected chi connectivity index (χ0v) is 19.9. The molecule has 0 heterocycles. The van der Waals surface area contributed by atoms with Crippen LogP contribution in [0.15, 0.2) is 76.8 Å². The lowest BCUT2D eigenvalue weighted by Crippen LogP contribution is -2.13. The molecule has 1 N–H and O–H groups in total. The quantitative estimate of drug-likeness (QED) is 0.285. The predicted molar refractivity (Wildman–Crippen MR) is 131 cm³/mol. The van der Waals surface area contributed by atoms with Crippen molar-refractivity contribution < 1.29 is 19.0 Å². The fourth-order valence-corrected chi connectivity index (χ4v) is 3.19. The first-order chi connectivity index (χ1) is 16.0. The number of anilines is 1. The molecule has 0 aliphatic heterocycles. The Morgan fingerprint density at radius 3 is 2.36 bits per heavy atom. The summed E-state index contributed by atoms with van der Waals surface area (Å²) in [6.45, 7) is 2.74. The van der Waals surface area contributed by atoms with E-state index in [4.69, 9.17) is 14.2 Å². The van der Waals surface area contributed by atoms with Crippen molar-refractivity contribution >= 4 is 33.6 Å². The second-order valence-electron chi connectivity index (χ2n) is 6.90.